The minimum Gasteiger partial charge on any atom is -0.282 e. The van der Waals surface area contributed by atoms with Crippen LogP contribution >= 0.6 is 0 Å². The van der Waals surface area contributed by atoms with Crippen LogP contribution in [0, 0.1) is 0 Å². The SMILES string of the molecule is CCCCCCCCCCCCCCCc1cccc(S(=O)(=O)O)c1S(=O)(=O)O. The Bertz CT molecular complexity index is 800. The van der Waals surface area contributed by atoms with Gasteiger partial charge in [-0.15, -0.1) is 0 Å². The van der Waals surface area contributed by atoms with Crippen LogP contribution in [0.4, 0.5) is 0 Å². The number of rotatable bonds is 16. The van der Waals surface area contributed by atoms with Crippen LogP contribution in [-0.2, 0) is 26.7 Å². The van der Waals surface area contributed by atoms with Gasteiger partial charge in [0.05, 0.1) is 0 Å². The normalized spacial score (nSPS) is 12.4. The summed E-state index contributed by atoms with van der Waals surface area (Å²) in [5.74, 6) is 0. The van der Waals surface area contributed by atoms with E-state index < -0.39 is 30.0 Å². The maximum absolute atomic E-state index is 11.6. The first kappa shape index (κ1) is 26.1. The largest absolute Gasteiger partial charge is 0.296 e. The second-order valence-electron chi connectivity index (χ2n) is 7.69. The quantitative estimate of drug-likeness (QED) is 0.244. The molecule has 0 amide bonds. The highest BCUT2D eigenvalue weighted by Crippen LogP contribution is 2.26. The standard InChI is InChI=1S/C21H36O6S2/c1-2-3-4-5-6-7-8-9-10-11-12-13-14-16-19-17-15-18-20(28(22,23)24)21(19)29(25,26)27/h15,17-18H,2-14,16H2,1H3,(H,22,23,24)(H,25,26,27). The Balaban J connectivity index is 2.32. The Morgan fingerprint density at radius 2 is 1.10 bits per heavy atom. The summed E-state index contributed by atoms with van der Waals surface area (Å²) < 4.78 is 64.8. The molecule has 0 aliphatic rings. The molecule has 0 saturated carbocycles. The van der Waals surface area contributed by atoms with Crippen molar-refractivity contribution >= 4 is 20.2 Å². The van der Waals surface area contributed by atoms with Gasteiger partial charge in [0.15, 0.2) is 0 Å². The third-order valence-corrected chi connectivity index (χ3v) is 7.17. The zero-order valence-electron chi connectivity index (χ0n) is 17.5. The van der Waals surface area contributed by atoms with Crippen molar-refractivity contribution in [3.05, 3.63) is 23.8 Å². The van der Waals surface area contributed by atoms with Crippen LogP contribution in [0.2, 0.25) is 0 Å². The van der Waals surface area contributed by atoms with Crippen LogP contribution in [0.1, 0.15) is 96.0 Å². The summed E-state index contributed by atoms with van der Waals surface area (Å²) in [6.07, 6.45) is 15.8. The lowest BCUT2D eigenvalue weighted by molar-refractivity contribution is 0.464. The molecule has 2 N–H and O–H groups in total. The number of benzene rings is 1. The average molecular weight is 449 g/mol. The topological polar surface area (TPSA) is 109 Å². The van der Waals surface area contributed by atoms with Gasteiger partial charge >= 0.3 is 0 Å². The van der Waals surface area contributed by atoms with E-state index in [0.29, 0.717) is 12.8 Å². The van der Waals surface area contributed by atoms with Gasteiger partial charge in [0.2, 0.25) is 0 Å². The summed E-state index contributed by atoms with van der Waals surface area (Å²) in [5, 5.41) is 0. The predicted molar refractivity (Wildman–Crippen MR) is 115 cm³/mol. The van der Waals surface area contributed by atoms with Gasteiger partial charge in [-0.2, -0.15) is 16.8 Å². The van der Waals surface area contributed by atoms with Gasteiger partial charge in [-0.1, -0.05) is 96.1 Å². The van der Waals surface area contributed by atoms with Gasteiger partial charge in [0.25, 0.3) is 20.2 Å². The predicted octanol–water partition coefficient (Wildman–Crippen LogP) is 5.81. The molecule has 1 aromatic carbocycles. The van der Waals surface area contributed by atoms with E-state index in [1.54, 1.807) is 0 Å². The Morgan fingerprint density at radius 1 is 0.655 bits per heavy atom. The van der Waals surface area contributed by atoms with Crippen molar-refractivity contribution in [2.24, 2.45) is 0 Å². The van der Waals surface area contributed by atoms with Gasteiger partial charge in [-0.3, -0.25) is 9.11 Å². The zero-order chi connectivity index (χ0) is 21.8. The molecule has 0 aliphatic carbocycles. The zero-order valence-corrected chi connectivity index (χ0v) is 19.1. The van der Waals surface area contributed by atoms with Crippen molar-refractivity contribution in [3.8, 4) is 0 Å². The number of aryl methyl sites for hydroxylation is 1. The third kappa shape index (κ3) is 10.6. The summed E-state index contributed by atoms with van der Waals surface area (Å²) in [7, 11) is -9.49. The summed E-state index contributed by atoms with van der Waals surface area (Å²) in [4.78, 5) is -1.48. The van der Waals surface area contributed by atoms with Gasteiger partial charge in [0, 0.05) is 0 Å². The van der Waals surface area contributed by atoms with Crippen molar-refractivity contribution < 1.29 is 25.9 Å². The fourth-order valence-electron chi connectivity index (χ4n) is 3.59. The molecule has 0 heterocycles. The minimum atomic E-state index is -4.75. The number of hydrogen-bond acceptors (Lipinski definition) is 4. The molecule has 29 heavy (non-hydrogen) atoms. The molecule has 0 aliphatic heterocycles. The Labute approximate surface area is 176 Å². The van der Waals surface area contributed by atoms with E-state index in [0.717, 1.165) is 25.3 Å². The summed E-state index contributed by atoms with van der Waals surface area (Å²) >= 11 is 0. The van der Waals surface area contributed by atoms with Crippen molar-refractivity contribution in [2.75, 3.05) is 0 Å². The van der Waals surface area contributed by atoms with Gasteiger partial charge in [0.1, 0.15) is 9.79 Å². The van der Waals surface area contributed by atoms with Crippen LogP contribution in [0.5, 0.6) is 0 Å². The van der Waals surface area contributed by atoms with E-state index in [-0.39, 0.29) is 5.56 Å². The van der Waals surface area contributed by atoms with E-state index in [1.807, 2.05) is 0 Å². The molecule has 168 valence electrons. The van der Waals surface area contributed by atoms with Crippen molar-refractivity contribution in [1.29, 1.82) is 0 Å². The number of hydrogen-bond donors (Lipinski definition) is 2. The molecule has 0 atom stereocenters. The Kier molecular flexibility index (Phi) is 12.0. The lowest BCUT2D eigenvalue weighted by Crippen LogP contribution is -2.11. The van der Waals surface area contributed by atoms with Gasteiger partial charge in [-0.25, -0.2) is 0 Å². The summed E-state index contributed by atoms with van der Waals surface area (Å²) in [6, 6.07) is 3.82. The van der Waals surface area contributed by atoms with Crippen molar-refractivity contribution in [3.63, 3.8) is 0 Å². The molecule has 0 spiro atoms. The molecule has 8 heteroatoms. The van der Waals surface area contributed by atoms with E-state index in [2.05, 4.69) is 6.92 Å². The van der Waals surface area contributed by atoms with E-state index >= 15 is 0 Å². The van der Waals surface area contributed by atoms with Gasteiger partial charge in [-0.05, 0) is 24.5 Å². The maximum Gasteiger partial charge on any atom is 0.296 e. The second kappa shape index (κ2) is 13.4. The molecule has 0 radical (unpaired) electrons. The smallest absolute Gasteiger partial charge is 0.282 e. The molecular weight excluding hydrogens is 412 g/mol. The molecule has 6 nitrogen and oxygen atoms in total. The fourth-order valence-corrected chi connectivity index (χ4v) is 5.66. The molecule has 0 bridgehead atoms. The third-order valence-electron chi connectivity index (χ3n) is 5.15. The second-order valence-corrected chi connectivity index (χ2v) is 10.4. The molecule has 1 rings (SSSR count). The first-order valence-electron chi connectivity index (χ1n) is 10.7. The molecule has 1 aromatic rings. The monoisotopic (exact) mass is 448 g/mol. The van der Waals surface area contributed by atoms with Crippen LogP contribution in [0.3, 0.4) is 0 Å². The van der Waals surface area contributed by atoms with Crippen LogP contribution in [0.25, 0.3) is 0 Å². The van der Waals surface area contributed by atoms with Crippen LogP contribution in [-0.4, -0.2) is 25.9 Å². The van der Waals surface area contributed by atoms with Gasteiger partial charge < -0.3 is 0 Å². The highest BCUT2D eigenvalue weighted by atomic mass is 32.2. The molecule has 0 aromatic heterocycles. The highest BCUT2D eigenvalue weighted by Gasteiger charge is 2.26. The van der Waals surface area contributed by atoms with E-state index in [4.69, 9.17) is 0 Å². The molecule has 0 saturated heterocycles. The van der Waals surface area contributed by atoms with E-state index in [1.165, 1.54) is 69.9 Å². The average Bonchev–Trinajstić information content (AvgIpc) is 2.63. The molecule has 0 fully saturated rings. The lowest BCUT2D eigenvalue weighted by atomic mass is 10.0. The lowest BCUT2D eigenvalue weighted by Gasteiger charge is -2.10. The first-order valence-corrected chi connectivity index (χ1v) is 13.6. The molecule has 0 unspecified atom stereocenters. The maximum atomic E-state index is 11.6. The molecular formula is C21H36O6S2. The first-order chi connectivity index (χ1) is 13.7. The highest BCUT2D eigenvalue weighted by molar-refractivity contribution is 7.89. The number of unbranched alkanes of at least 4 members (excludes halogenated alkanes) is 12. The minimum absolute atomic E-state index is 0.214. The Hall–Kier alpha value is -0.960. The summed E-state index contributed by atoms with van der Waals surface area (Å²) in [5.41, 5.74) is 0.214. The van der Waals surface area contributed by atoms with Crippen LogP contribution in [0.15, 0.2) is 28.0 Å². The fraction of sp³-hybridized carbons (Fsp3) is 0.714. The van der Waals surface area contributed by atoms with E-state index in [9.17, 15) is 25.9 Å². The van der Waals surface area contributed by atoms with Crippen LogP contribution < -0.4 is 0 Å². The summed E-state index contributed by atoms with van der Waals surface area (Å²) in [6.45, 7) is 2.23. The van der Waals surface area contributed by atoms with Crippen molar-refractivity contribution in [2.45, 2.75) is 107 Å². The Morgan fingerprint density at radius 3 is 1.52 bits per heavy atom. The van der Waals surface area contributed by atoms with Crippen molar-refractivity contribution in [1.82, 2.24) is 0 Å².